The lowest BCUT2D eigenvalue weighted by Gasteiger charge is -2.49. The van der Waals surface area contributed by atoms with Gasteiger partial charge in [-0.15, -0.1) is 0 Å². The average molecular weight is 255 g/mol. The van der Waals surface area contributed by atoms with E-state index in [-0.39, 0.29) is 5.41 Å². The standard InChI is InChI=1S/C15H29NO2/c1-13(2,3)12-4-6-15(17,7-5-12)14(10-16)8-9-18-11-14/h12,17H,4-11,16H2,1-3H3. The molecule has 0 bridgehead atoms. The number of hydrogen-bond acceptors (Lipinski definition) is 3. The molecule has 2 rings (SSSR count). The predicted octanol–water partition coefficient (Wildman–Crippen LogP) is 2.32. The third-order valence-electron chi connectivity index (χ3n) is 5.52. The molecule has 1 saturated carbocycles. The molecule has 106 valence electrons. The molecule has 0 aromatic rings. The predicted molar refractivity (Wildman–Crippen MR) is 73.3 cm³/mol. The fourth-order valence-corrected chi connectivity index (χ4v) is 3.82. The van der Waals surface area contributed by atoms with E-state index < -0.39 is 5.60 Å². The lowest BCUT2D eigenvalue weighted by molar-refractivity contribution is -0.120. The highest BCUT2D eigenvalue weighted by molar-refractivity contribution is 5.04. The molecule has 1 unspecified atom stereocenters. The van der Waals surface area contributed by atoms with Gasteiger partial charge in [0.25, 0.3) is 0 Å². The number of rotatable bonds is 2. The van der Waals surface area contributed by atoms with Crippen LogP contribution in [-0.2, 0) is 4.74 Å². The number of ether oxygens (including phenoxy) is 1. The van der Waals surface area contributed by atoms with Crippen LogP contribution in [0.5, 0.6) is 0 Å². The molecular weight excluding hydrogens is 226 g/mol. The summed E-state index contributed by atoms with van der Waals surface area (Å²) in [6.45, 7) is 8.85. The second-order valence-corrected chi connectivity index (χ2v) is 7.46. The summed E-state index contributed by atoms with van der Waals surface area (Å²) in [5.41, 5.74) is 5.53. The monoisotopic (exact) mass is 255 g/mol. The van der Waals surface area contributed by atoms with Crippen LogP contribution in [0.3, 0.4) is 0 Å². The van der Waals surface area contributed by atoms with Gasteiger partial charge in [0.2, 0.25) is 0 Å². The lowest BCUT2D eigenvalue weighted by atomic mass is 9.60. The molecule has 0 radical (unpaired) electrons. The molecule has 0 spiro atoms. The van der Waals surface area contributed by atoms with Crippen molar-refractivity contribution in [3.8, 4) is 0 Å². The van der Waals surface area contributed by atoms with Crippen molar-refractivity contribution in [2.75, 3.05) is 19.8 Å². The first-order valence-electron chi connectivity index (χ1n) is 7.33. The SMILES string of the molecule is CC(C)(C)C1CCC(O)(C2(CN)CCOC2)CC1. The normalized spacial score (nSPS) is 42.2. The summed E-state index contributed by atoms with van der Waals surface area (Å²) in [5.74, 6) is 0.718. The third-order valence-corrected chi connectivity index (χ3v) is 5.52. The Hall–Kier alpha value is -0.120. The van der Waals surface area contributed by atoms with E-state index >= 15 is 0 Å². The Morgan fingerprint density at radius 1 is 1.22 bits per heavy atom. The average Bonchev–Trinajstić information content (AvgIpc) is 2.78. The zero-order valence-electron chi connectivity index (χ0n) is 12.2. The van der Waals surface area contributed by atoms with Crippen LogP contribution >= 0.6 is 0 Å². The second kappa shape index (κ2) is 4.77. The molecule has 0 amide bonds. The van der Waals surface area contributed by atoms with Crippen LogP contribution in [0.15, 0.2) is 0 Å². The van der Waals surface area contributed by atoms with E-state index in [0.717, 1.165) is 44.6 Å². The summed E-state index contributed by atoms with van der Waals surface area (Å²) >= 11 is 0. The van der Waals surface area contributed by atoms with Crippen molar-refractivity contribution in [3.63, 3.8) is 0 Å². The molecule has 1 atom stereocenters. The Labute approximate surface area is 111 Å². The minimum Gasteiger partial charge on any atom is -0.389 e. The van der Waals surface area contributed by atoms with Crippen molar-refractivity contribution in [3.05, 3.63) is 0 Å². The molecule has 3 N–H and O–H groups in total. The first-order valence-corrected chi connectivity index (χ1v) is 7.33. The van der Waals surface area contributed by atoms with Gasteiger partial charge in [-0.05, 0) is 43.4 Å². The van der Waals surface area contributed by atoms with Crippen LogP contribution in [0.25, 0.3) is 0 Å². The van der Waals surface area contributed by atoms with Crippen molar-refractivity contribution in [1.82, 2.24) is 0 Å². The first kappa shape index (κ1) is 14.3. The van der Waals surface area contributed by atoms with Gasteiger partial charge in [-0.2, -0.15) is 0 Å². The Bertz CT molecular complexity index is 281. The summed E-state index contributed by atoms with van der Waals surface area (Å²) in [6.07, 6.45) is 4.91. The Morgan fingerprint density at radius 3 is 2.22 bits per heavy atom. The van der Waals surface area contributed by atoms with Crippen molar-refractivity contribution in [1.29, 1.82) is 0 Å². The minimum atomic E-state index is -0.597. The van der Waals surface area contributed by atoms with E-state index in [1.807, 2.05) is 0 Å². The van der Waals surface area contributed by atoms with Crippen molar-refractivity contribution in [2.24, 2.45) is 22.5 Å². The zero-order valence-corrected chi connectivity index (χ0v) is 12.2. The van der Waals surface area contributed by atoms with Gasteiger partial charge in [0.1, 0.15) is 0 Å². The molecular formula is C15H29NO2. The molecule has 1 heterocycles. The molecule has 2 aliphatic rings. The molecule has 3 heteroatoms. The van der Waals surface area contributed by atoms with Crippen LogP contribution in [0.2, 0.25) is 0 Å². The quantitative estimate of drug-likeness (QED) is 0.796. The maximum atomic E-state index is 11.0. The Morgan fingerprint density at radius 2 is 1.83 bits per heavy atom. The van der Waals surface area contributed by atoms with E-state index in [1.54, 1.807) is 0 Å². The van der Waals surface area contributed by atoms with Crippen molar-refractivity contribution in [2.45, 2.75) is 58.5 Å². The van der Waals surface area contributed by atoms with Gasteiger partial charge in [-0.3, -0.25) is 0 Å². The van der Waals surface area contributed by atoms with Gasteiger partial charge in [0.15, 0.2) is 0 Å². The lowest BCUT2D eigenvalue weighted by Crippen LogP contribution is -2.55. The third kappa shape index (κ3) is 2.33. The molecule has 0 aromatic carbocycles. The number of nitrogens with two attached hydrogens (primary N) is 1. The fourth-order valence-electron chi connectivity index (χ4n) is 3.82. The summed E-state index contributed by atoms with van der Waals surface area (Å²) < 4.78 is 5.52. The largest absolute Gasteiger partial charge is 0.389 e. The van der Waals surface area contributed by atoms with E-state index in [1.165, 1.54) is 0 Å². The van der Waals surface area contributed by atoms with Crippen LogP contribution in [0, 0.1) is 16.7 Å². The topological polar surface area (TPSA) is 55.5 Å². The first-order chi connectivity index (χ1) is 8.33. The minimum absolute atomic E-state index is 0.185. The highest BCUT2D eigenvalue weighted by Gasteiger charge is 2.53. The summed E-state index contributed by atoms with van der Waals surface area (Å²) in [5, 5.41) is 11.0. The maximum Gasteiger partial charge on any atom is 0.0739 e. The van der Waals surface area contributed by atoms with Crippen LogP contribution < -0.4 is 5.73 Å². The molecule has 1 aliphatic carbocycles. The van der Waals surface area contributed by atoms with Gasteiger partial charge in [0, 0.05) is 18.6 Å². The molecule has 1 aliphatic heterocycles. The highest BCUT2D eigenvalue weighted by Crippen LogP contribution is 2.50. The Kier molecular flexibility index (Phi) is 3.79. The van der Waals surface area contributed by atoms with Gasteiger partial charge in [0.05, 0.1) is 12.2 Å². The second-order valence-electron chi connectivity index (χ2n) is 7.46. The van der Waals surface area contributed by atoms with Crippen LogP contribution in [-0.4, -0.2) is 30.5 Å². The zero-order chi connectivity index (χ0) is 13.4. The van der Waals surface area contributed by atoms with E-state index in [0.29, 0.717) is 18.6 Å². The summed E-state index contributed by atoms with van der Waals surface area (Å²) in [4.78, 5) is 0. The van der Waals surface area contributed by atoms with Gasteiger partial charge < -0.3 is 15.6 Å². The van der Waals surface area contributed by atoms with Crippen molar-refractivity contribution >= 4 is 0 Å². The highest BCUT2D eigenvalue weighted by atomic mass is 16.5. The maximum absolute atomic E-state index is 11.0. The van der Waals surface area contributed by atoms with E-state index in [4.69, 9.17) is 10.5 Å². The van der Waals surface area contributed by atoms with Gasteiger partial charge in [-0.1, -0.05) is 20.8 Å². The smallest absolute Gasteiger partial charge is 0.0739 e. The molecule has 1 saturated heterocycles. The molecule has 2 fully saturated rings. The summed E-state index contributed by atoms with van der Waals surface area (Å²) in [7, 11) is 0. The molecule has 18 heavy (non-hydrogen) atoms. The van der Waals surface area contributed by atoms with Crippen LogP contribution in [0.4, 0.5) is 0 Å². The van der Waals surface area contributed by atoms with Gasteiger partial charge >= 0.3 is 0 Å². The van der Waals surface area contributed by atoms with E-state index in [2.05, 4.69) is 20.8 Å². The van der Waals surface area contributed by atoms with Crippen molar-refractivity contribution < 1.29 is 9.84 Å². The Balaban J connectivity index is 2.07. The van der Waals surface area contributed by atoms with E-state index in [9.17, 15) is 5.11 Å². The fraction of sp³-hybridized carbons (Fsp3) is 1.00. The molecule has 0 aromatic heterocycles. The number of hydrogen-bond donors (Lipinski definition) is 2. The molecule has 3 nitrogen and oxygen atoms in total. The van der Waals surface area contributed by atoms with Crippen LogP contribution in [0.1, 0.15) is 52.9 Å². The number of aliphatic hydroxyl groups is 1. The summed E-state index contributed by atoms with van der Waals surface area (Å²) in [6, 6.07) is 0. The van der Waals surface area contributed by atoms with Gasteiger partial charge in [-0.25, -0.2) is 0 Å².